The molecule has 0 spiro atoms. The van der Waals surface area contributed by atoms with Gasteiger partial charge in [-0.1, -0.05) is 24.3 Å². The summed E-state index contributed by atoms with van der Waals surface area (Å²) >= 11 is 0. The number of nitriles is 1. The monoisotopic (exact) mass is 254 g/mol. The molecule has 2 rings (SSSR count). The second-order valence-electron chi connectivity index (χ2n) is 4.02. The van der Waals surface area contributed by atoms with Gasteiger partial charge in [-0.2, -0.15) is 5.26 Å². The van der Waals surface area contributed by atoms with E-state index in [2.05, 4.69) is 15.3 Å². The molecule has 1 heterocycles. The molecular weight excluding hydrogens is 240 g/mol. The van der Waals surface area contributed by atoms with Crippen LogP contribution in [0.2, 0.25) is 0 Å². The first-order valence-corrected chi connectivity index (χ1v) is 5.97. The summed E-state index contributed by atoms with van der Waals surface area (Å²) in [6.07, 6.45) is 3.86. The molecule has 0 aliphatic carbocycles. The summed E-state index contributed by atoms with van der Waals surface area (Å²) in [6, 6.07) is 9.76. The van der Waals surface area contributed by atoms with E-state index in [9.17, 15) is 0 Å². The number of anilines is 1. The van der Waals surface area contributed by atoms with E-state index in [1.54, 1.807) is 6.20 Å². The molecule has 5 heteroatoms. The van der Waals surface area contributed by atoms with E-state index in [1.807, 2.05) is 30.3 Å². The minimum absolute atomic E-state index is 0.0592. The predicted octanol–water partition coefficient (Wildman–Crippen LogP) is 1.50. The molecule has 96 valence electrons. The van der Waals surface area contributed by atoms with E-state index in [0.717, 1.165) is 17.5 Å². The van der Waals surface area contributed by atoms with Gasteiger partial charge in [-0.15, -0.1) is 0 Å². The van der Waals surface area contributed by atoms with Crippen LogP contribution in [0.3, 0.4) is 0 Å². The second kappa shape index (κ2) is 6.47. The van der Waals surface area contributed by atoms with Crippen molar-refractivity contribution in [1.82, 2.24) is 9.97 Å². The van der Waals surface area contributed by atoms with E-state index in [1.165, 1.54) is 6.20 Å². The Balaban J connectivity index is 1.91. The fourth-order valence-electron chi connectivity index (χ4n) is 1.69. The van der Waals surface area contributed by atoms with Crippen molar-refractivity contribution in [2.24, 2.45) is 0 Å². The molecule has 2 N–H and O–H groups in total. The first-order chi connectivity index (χ1) is 9.33. The van der Waals surface area contributed by atoms with Crippen molar-refractivity contribution < 1.29 is 5.11 Å². The first kappa shape index (κ1) is 13.0. The highest BCUT2D eigenvalue weighted by molar-refractivity contribution is 5.46. The zero-order valence-electron chi connectivity index (χ0n) is 10.4. The first-order valence-electron chi connectivity index (χ1n) is 5.97. The van der Waals surface area contributed by atoms with Crippen LogP contribution in [-0.2, 0) is 13.0 Å². The molecule has 0 unspecified atom stereocenters. The molecule has 0 fully saturated rings. The van der Waals surface area contributed by atoms with Gasteiger partial charge < -0.3 is 10.4 Å². The summed E-state index contributed by atoms with van der Waals surface area (Å²) in [5.74, 6) is 0.511. The van der Waals surface area contributed by atoms with Crippen LogP contribution in [0.5, 0.6) is 0 Å². The summed E-state index contributed by atoms with van der Waals surface area (Å²) < 4.78 is 0. The second-order valence-corrected chi connectivity index (χ2v) is 4.02. The van der Waals surface area contributed by atoms with E-state index >= 15 is 0 Å². The third kappa shape index (κ3) is 3.50. The molecule has 1 aromatic heterocycles. The van der Waals surface area contributed by atoms with Crippen LogP contribution in [0.1, 0.15) is 16.8 Å². The predicted molar refractivity (Wildman–Crippen MR) is 71.3 cm³/mol. The molecule has 0 amide bonds. The Morgan fingerprint density at radius 2 is 1.79 bits per heavy atom. The van der Waals surface area contributed by atoms with Crippen LogP contribution < -0.4 is 5.32 Å². The van der Waals surface area contributed by atoms with Gasteiger partial charge in [0.25, 0.3) is 0 Å². The van der Waals surface area contributed by atoms with Crippen LogP contribution in [0.4, 0.5) is 5.82 Å². The number of aliphatic hydroxyl groups is 1. The molecule has 0 aliphatic heterocycles. The van der Waals surface area contributed by atoms with Crippen molar-refractivity contribution in [3.63, 3.8) is 0 Å². The maximum absolute atomic E-state index is 8.95. The molecular formula is C14H14N4O. The smallest absolute Gasteiger partial charge is 0.182 e. The van der Waals surface area contributed by atoms with Crippen LogP contribution in [0.25, 0.3) is 0 Å². The number of hydrogen-bond acceptors (Lipinski definition) is 5. The minimum Gasteiger partial charge on any atom is -0.392 e. The van der Waals surface area contributed by atoms with Crippen molar-refractivity contribution in [2.75, 3.05) is 11.9 Å². The summed E-state index contributed by atoms with van der Waals surface area (Å²) in [5, 5.41) is 20.9. The Bertz CT molecular complexity index is 575. The fraction of sp³-hybridized carbons (Fsp3) is 0.214. The maximum atomic E-state index is 8.95. The summed E-state index contributed by atoms with van der Waals surface area (Å²) in [7, 11) is 0. The number of aliphatic hydroxyl groups excluding tert-OH is 1. The molecule has 2 aromatic rings. The molecule has 0 radical (unpaired) electrons. The molecule has 0 saturated carbocycles. The molecule has 19 heavy (non-hydrogen) atoms. The SMILES string of the molecule is N#Cc1nccnc1NCCc1ccc(CO)cc1. The van der Waals surface area contributed by atoms with Gasteiger partial charge in [-0.25, -0.2) is 9.97 Å². The topological polar surface area (TPSA) is 81.8 Å². The lowest BCUT2D eigenvalue weighted by Gasteiger charge is -2.06. The minimum atomic E-state index is 0.0592. The quantitative estimate of drug-likeness (QED) is 0.845. The number of benzene rings is 1. The Morgan fingerprint density at radius 3 is 2.47 bits per heavy atom. The molecule has 5 nitrogen and oxygen atoms in total. The van der Waals surface area contributed by atoms with Crippen molar-refractivity contribution in [2.45, 2.75) is 13.0 Å². The Kier molecular flexibility index (Phi) is 4.43. The van der Waals surface area contributed by atoms with E-state index in [4.69, 9.17) is 10.4 Å². The van der Waals surface area contributed by atoms with Crippen molar-refractivity contribution in [1.29, 1.82) is 5.26 Å². The lowest BCUT2D eigenvalue weighted by atomic mass is 10.1. The van der Waals surface area contributed by atoms with Gasteiger partial charge in [0.05, 0.1) is 6.61 Å². The van der Waals surface area contributed by atoms with Crippen LogP contribution >= 0.6 is 0 Å². The number of nitrogens with one attached hydrogen (secondary N) is 1. The van der Waals surface area contributed by atoms with Gasteiger partial charge in [-0.3, -0.25) is 0 Å². The lowest BCUT2D eigenvalue weighted by molar-refractivity contribution is 0.282. The number of aromatic nitrogens is 2. The van der Waals surface area contributed by atoms with Crippen LogP contribution in [-0.4, -0.2) is 21.6 Å². The molecule has 0 aliphatic rings. The van der Waals surface area contributed by atoms with E-state index in [0.29, 0.717) is 18.1 Å². The Hall–Kier alpha value is -2.45. The van der Waals surface area contributed by atoms with Gasteiger partial charge in [0.15, 0.2) is 11.5 Å². The summed E-state index contributed by atoms with van der Waals surface area (Å²) in [6.45, 7) is 0.732. The summed E-state index contributed by atoms with van der Waals surface area (Å²) in [5.41, 5.74) is 2.36. The van der Waals surface area contributed by atoms with Gasteiger partial charge in [0, 0.05) is 18.9 Å². The summed E-state index contributed by atoms with van der Waals surface area (Å²) in [4.78, 5) is 8.01. The Labute approximate surface area is 111 Å². The maximum Gasteiger partial charge on any atom is 0.182 e. The largest absolute Gasteiger partial charge is 0.392 e. The van der Waals surface area contributed by atoms with Gasteiger partial charge >= 0.3 is 0 Å². The Morgan fingerprint density at radius 1 is 1.11 bits per heavy atom. The van der Waals surface area contributed by atoms with Gasteiger partial charge in [0.2, 0.25) is 0 Å². The third-order valence-electron chi connectivity index (χ3n) is 2.72. The number of nitrogens with zero attached hydrogens (tertiary/aromatic N) is 3. The zero-order valence-corrected chi connectivity index (χ0v) is 10.4. The zero-order chi connectivity index (χ0) is 13.5. The van der Waals surface area contributed by atoms with Gasteiger partial charge in [0.1, 0.15) is 6.07 Å². The highest BCUT2D eigenvalue weighted by Gasteiger charge is 2.02. The molecule has 0 bridgehead atoms. The molecule has 0 atom stereocenters. The third-order valence-corrected chi connectivity index (χ3v) is 2.72. The number of hydrogen-bond donors (Lipinski definition) is 2. The van der Waals surface area contributed by atoms with Crippen molar-refractivity contribution in [3.05, 3.63) is 53.5 Å². The molecule has 0 saturated heterocycles. The molecule has 1 aromatic carbocycles. The van der Waals surface area contributed by atoms with Crippen molar-refractivity contribution >= 4 is 5.82 Å². The van der Waals surface area contributed by atoms with Crippen LogP contribution in [0.15, 0.2) is 36.7 Å². The lowest BCUT2D eigenvalue weighted by Crippen LogP contribution is -2.08. The van der Waals surface area contributed by atoms with Crippen molar-refractivity contribution in [3.8, 4) is 6.07 Å². The standard InChI is InChI=1S/C14H14N4O/c15-9-13-14(18-8-7-16-13)17-6-5-11-1-3-12(10-19)4-2-11/h1-4,7-8,19H,5-6,10H2,(H,17,18). The van der Waals surface area contributed by atoms with Crippen LogP contribution in [0, 0.1) is 11.3 Å². The average molecular weight is 254 g/mol. The van der Waals surface area contributed by atoms with Gasteiger partial charge in [-0.05, 0) is 17.5 Å². The number of rotatable bonds is 5. The highest BCUT2D eigenvalue weighted by Crippen LogP contribution is 2.08. The normalized spacial score (nSPS) is 9.89. The fourth-order valence-corrected chi connectivity index (χ4v) is 1.69. The van der Waals surface area contributed by atoms with E-state index < -0.39 is 0 Å². The average Bonchev–Trinajstić information content (AvgIpc) is 2.48. The highest BCUT2D eigenvalue weighted by atomic mass is 16.3. The van der Waals surface area contributed by atoms with E-state index in [-0.39, 0.29) is 6.61 Å².